The van der Waals surface area contributed by atoms with Gasteiger partial charge in [-0.15, -0.1) is 0 Å². The first-order valence-electron chi connectivity index (χ1n) is 11.5. The van der Waals surface area contributed by atoms with E-state index in [4.69, 9.17) is 9.47 Å². The monoisotopic (exact) mass is 410 g/mol. The quantitative estimate of drug-likeness (QED) is 0.596. The maximum atomic E-state index is 13.0. The van der Waals surface area contributed by atoms with Crippen molar-refractivity contribution < 1.29 is 19.1 Å². The van der Waals surface area contributed by atoms with Crippen molar-refractivity contribution in [3.63, 3.8) is 0 Å². The molecule has 2 heterocycles. The van der Waals surface area contributed by atoms with Gasteiger partial charge in [-0.3, -0.25) is 9.59 Å². The van der Waals surface area contributed by atoms with Crippen molar-refractivity contribution in [3.8, 4) is 0 Å². The second kappa shape index (κ2) is 7.06. The smallest absolute Gasteiger partial charge is 0.309 e. The zero-order valence-electron chi connectivity index (χ0n) is 17.3. The highest BCUT2D eigenvalue weighted by molar-refractivity contribution is 5.79. The van der Waals surface area contributed by atoms with Gasteiger partial charge in [-0.1, -0.05) is 30.3 Å². The molecule has 6 heteroatoms. The van der Waals surface area contributed by atoms with E-state index in [0.29, 0.717) is 30.9 Å². The Morgan fingerprint density at radius 1 is 1.17 bits per heavy atom. The molecule has 1 N–H and O–H groups in total. The first kappa shape index (κ1) is 18.8. The van der Waals surface area contributed by atoms with Crippen LogP contribution >= 0.6 is 0 Å². The number of hydrogen-bond acceptors (Lipinski definition) is 5. The standard InChI is InChI=1S/C24H30N2O4/c27-19-13-25-6-7-26(19)22-21(30-22)24-10-16-8-17(11-24)20(18(9-16)12-24)23(28)29-14-15-4-2-1-3-5-15/h1-5,16-18,20-22,25H,6-14H2. The first-order chi connectivity index (χ1) is 14.6. The van der Waals surface area contributed by atoms with Crippen LogP contribution in [0.1, 0.15) is 37.7 Å². The molecule has 1 amide bonds. The number of ether oxygens (including phenoxy) is 2. The summed E-state index contributed by atoms with van der Waals surface area (Å²) in [7, 11) is 0. The van der Waals surface area contributed by atoms with Crippen LogP contribution in [0.3, 0.4) is 0 Å². The second-order valence-corrected chi connectivity index (χ2v) is 10.2. The van der Waals surface area contributed by atoms with Crippen LogP contribution in [-0.2, 0) is 25.7 Å². The molecule has 2 saturated heterocycles. The zero-order chi connectivity index (χ0) is 20.3. The normalized spacial score (nSPS) is 41.7. The lowest BCUT2D eigenvalue weighted by Gasteiger charge is -2.59. The summed E-state index contributed by atoms with van der Waals surface area (Å²) in [5.74, 6) is 1.70. The maximum absolute atomic E-state index is 13.0. The molecular weight excluding hydrogens is 380 g/mol. The Bertz CT molecular complexity index is 827. The SMILES string of the molecule is O=C(OCc1ccccc1)C1C2CC3CC1CC(C1OC1N1CCNCC1=O)(C3)C2. The molecule has 4 unspecified atom stereocenters. The summed E-state index contributed by atoms with van der Waals surface area (Å²) in [5, 5.41) is 3.14. The van der Waals surface area contributed by atoms with Gasteiger partial charge in [0.2, 0.25) is 5.91 Å². The van der Waals surface area contributed by atoms with E-state index in [1.54, 1.807) is 0 Å². The van der Waals surface area contributed by atoms with E-state index < -0.39 is 0 Å². The second-order valence-electron chi connectivity index (χ2n) is 10.2. The van der Waals surface area contributed by atoms with Gasteiger partial charge in [-0.05, 0) is 55.4 Å². The summed E-state index contributed by atoms with van der Waals surface area (Å²) < 4.78 is 11.9. The van der Waals surface area contributed by atoms with Crippen LogP contribution < -0.4 is 5.32 Å². The van der Waals surface area contributed by atoms with E-state index in [2.05, 4.69) is 5.32 Å². The number of epoxide rings is 1. The third-order valence-corrected chi connectivity index (χ3v) is 8.32. The Labute approximate surface area is 177 Å². The van der Waals surface area contributed by atoms with Crippen LogP contribution in [0.5, 0.6) is 0 Å². The predicted octanol–water partition coefficient (Wildman–Crippen LogP) is 2.33. The van der Waals surface area contributed by atoms with Crippen LogP contribution in [0.25, 0.3) is 0 Å². The number of piperazine rings is 1. The molecule has 6 fully saturated rings. The first-order valence-corrected chi connectivity index (χ1v) is 11.5. The molecule has 6 aliphatic rings. The third kappa shape index (κ3) is 3.07. The lowest BCUT2D eigenvalue weighted by molar-refractivity contribution is -0.172. The average Bonchev–Trinajstić information content (AvgIpc) is 3.54. The van der Waals surface area contributed by atoms with E-state index in [-0.39, 0.29) is 35.5 Å². The highest BCUT2D eigenvalue weighted by Gasteiger charge is 2.66. The van der Waals surface area contributed by atoms with Crippen molar-refractivity contribution in [1.82, 2.24) is 10.2 Å². The lowest BCUT2D eigenvalue weighted by atomic mass is 9.45. The van der Waals surface area contributed by atoms with E-state index >= 15 is 0 Å². The van der Waals surface area contributed by atoms with E-state index in [0.717, 1.165) is 44.3 Å². The van der Waals surface area contributed by atoms with Crippen molar-refractivity contribution in [2.75, 3.05) is 19.6 Å². The third-order valence-electron chi connectivity index (χ3n) is 8.32. The van der Waals surface area contributed by atoms with E-state index in [9.17, 15) is 9.59 Å². The summed E-state index contributed by atoms with van der Waals surface area (Å²) >= 11 is 0. The van der Waals surface area contributed by atoms with Crippen LogP contribution in [0.2, 0.25) is 0 Å². The highest BCUT2D eigenvalue weighted by atomic mass is 16.6. The molecule has 0 spiro atoms. The molecule has 160 valence electrons. The molecule has 7 rings (SSSR count). The van der Waals surface area contributed by atoms with Crippen molar-refractivity contribution in [3.05, 3.63) is 35.9 Å². The number of carbonyl (C=O) groups excluding carboxylic acids is 2. The van der Waals surface area contributed by atoms with E-state index in [1.165, 1.54) is 6.42 Å². The molecule has 0 radical (unpaired) electrons. The summed E-state index contributed by atoms with van der Waals surface area (Å²) in [4.78, 5) is 27.3. The Hall–Kier alpha value is -1.92. The van der Waals surface area contributed by atoms with Gasteiger partial charge in [-0.2, -0.15) is 0 Å². The summed E-state index contributed by atoms with van der Waals surface area (Å²) in [6.07, 6.45) is 5.71. The van der Waals surface area contributed by atoms with Gasteiger partial charge in [0.15, 0.2) is 6.23 Å². The minimum absolute atomic E-state index is 0.00616. The van der Waals surface area contributed by atoms with Gasteiger partial charge in [-0.25, -0.2) is 0 Å². The number of amides is 1. The minimum atomic E-state index is -0.0423. The maximum Gasteiger partial charge on any atom is 0.309 e. The molecule has 1 aromatic rings. The Morgan fingerprint density at radius 2 is 1.93 bits per heavy atom. The van der Waals surface area contributed by atoms with Crippen LogP contribution in [0.4, 0.5) is 0 Å². The van der Waals surface area contributed by atoms with Gasteiger partial charge in [0.1, 0.15) is 12.7 Å². The largest absolute Gasteiger partial charge is 0.461 e. The molecule has 2 aliphatic heterocycles. The van der Waals surface area contributed by atoms with Crippen molar-refractivity contribution in [2.24, 2.45) is 29.1 Å². The van der Waals surface area contributed by atoms with Crippen molar-refractivity contribution in [2.45, 2.75) is 51.0 Å². The number of benzene rings is 1. The van der Waals surface area contributed by atoms with Gasteiger partial charge < -0.3 is 19.7 Å². The number of nitrogens with zero attached hydrogens (tertiary/aromatic N) is 1. The molecule has 4 aliphatic carbocycles. The molecule has 30 heavy (non-hydrogen) atoms. The summed E-state index contributed by atoms with van der Waals surface area (Å²) in [5.41, 5.74) is 1.20. The predicted molar refractivity (Wildman–Crippen MR) is 109 cm³/mol. The fourth-order valence-electron chi connectivity index (χ4n) is 7.32. The number of esters is 1. The van der Waals surface area contributed by atoms with Crippen LogP contribution in [0.15, 0.2) is 30.3 Å². The van der Waals surface area contributed by atoms with E-state index in [1.807, 2.05) is 35.2 Å². The topological polar surface area (TPSA) is 71.2 Å². The van der Waals surface area contributed by atoms with Crippen molar-refractivity contribution >= 4 is 11.9 Å². The van der Waals surface area contributed by atoms with Gasteiger partial charge >= 0.3 is 5.97 Å². The molecule has 4 saturated carbocycles. The van der Waals surface area contributed by atoms with Gasteiger partial charge in [0.25, 0.3) is 0 Å². The number of hydrogen-bond donors (Lipinski definition) is 1. The van der Waals surface area contributed by atoms with Gasteiger partial charge in [0, 0.05) is 18.5 Å². The fraction of sp³-hybridized carbons (Fsp3) is 0.667. The zero-order valence-corrected chi connectivity index (χ0v) is 17.3. The Kier molecular flexibility index (Phi) is 4.43. The number of rotatable bonds is 5. The Morgan fingerprint density at radius 3 is 2.67 bits per heavy atom. The van der Waals surface area contributed by atoms with Crippen molar-refractivity contribution in [1.29, 1.82) is 0 Å². The highest BCUT2D eigenvalue weighted by Crippen LogP contribution is 2.66. The van der Waals surface area contributed by atoms with Gasteiger partial charge in [0.05, 0.1) is 12.5 Å². The average molecular weight is 411 g/mol. The number of nitrogens with one attached hydrogen (secondary N) is 1. The minimum Gasteiger partial charge on any atom is -0.461 e. The molecule has 6 nitrogen and oxygen atoms in total. The van der Waals surface area contributed by atoms with Crippen LogP contribution in [0, 0.1) is 29.1 Å². The fourth-order valence-corrected chi connectivity index (χ4v) is 7.32. The summed E-state index contributed by atoms with van der Waals surface area (Å²) in [6.45, 7) is 2.36. The Balaban J connectivity index is 1.14. The molecule has 1 aromatic carbocycles. The molecule has 0 aromatic heterocycles. The summed E-state index contributed by atoms with van der Waals surface area (Å²) in [6, 6.07) is 9.93. The lowest BCUT2D eigenvalue weighted by Crippen LogP contribution is -2.56. The molecule has 4 atom stereocenters. The number of carbonyl (C=O) groups is 2. The van der Waals surface area contributed by atoms with Crippen LogP contribution in [-0.4, -0.2) is 48.7 Å². The molecular formula is C24H30N2O4. The molecule has 4 bridgehead atoms.